The van der Waals surface area contributed by atoms with Crippen LogP contribution in [0.1, 0.15) is 41.0 Å². The van der Waals surface area contributed by atoms with E-state index in [1.165, 1.54) is 6.07 Å². The van der Waals surface area contributed by atoms with Gasteiger partial charge in [0.25, 0.3) is 0 Å². The Labute approximate surface area is 138 Å². The van der Waals surface area contributed by atoms with Crippen molar-refractivity contribution in [2.24, 2.45) is 0 Å². The van der Waals surface area contributed by atoms with Crippen molar-refractivity contribution >= 4 is 29.2 Å². The third-order valence-electron chi connectivity index (χ3n) is 3.88. The molecule has 0 aromatic carbocycles. The molecule has 0 N–H and O–H groups in total. The summed E-state index contributed by atoms with van der Waals surface area (Å²) in [6, 6.07) is 1.36. The molecule has 5 nitrogen and oxygen atoms in total. The molecule has 23 heavy (non-hydrogen) atoms. The second-order valence-corrected chi connectivity index (χ2v) is 7.14. The largest absolute Gasteiger partial charge is 0.505 e. The second kappa shape index (κ2) is 6.37. The summed E-state index contributed by atoms with van der Waals surface area (Å²) in [4.78, 5) is 11.4. The molecular formula is C14H19BF2O5S. The van der Waals surface area contributed by atoms with Crippen molar-refractivity contribution in [3.05, 3.63) is 6.07 Å². The number of carbonyl (C=O) groups excluding carboxylic acids is 1. The summed E-state index contributed by atoms with van der Waals surface area (Å²) in [6.45, 7) is 6.13. The lowest BCUT2D eigenvalue weighted by Gasteiger charge is -2.32. The summed E-state index contributed by atoms with van der Waals surface area (Å²) in [5.74, 6) is -0.733. The Hall–Kier alpha value is -1.19. The molecule has 0 spiro atoms. The van der Waals surface area contributed by atoms with Crippen LogP contribution in [-0.4, -0.2) is 30.9 Å². The molecule has 1 aromatic rings. The van der Waals surface area contributed by atoms with Crippen LogP contribution in [0.15, 0.2) is 6.07 Å². The first-order chi connectivity index (χ1) is 10.6. The van der Waals surface area contributed by atoms with Crippen LogP contribution in [0.5, 0.6) is 10.8 Å². The molecule has 128 valence electrons. The smallest absolute Gasteiger partial charge is 0.430 e. The van der Waals surface area contributed by atoms with Gasteiger partial charge in [-0.25, -0.2) is 0 Å². The fourth-order valence-electron chi connectivity index (χ4n) is 1.88. The van der Waals surface area contributed by atoms with E-state index in [1.807, 2.05) is 27.7 Å². The highest BCUT2D eigenvalue weighted by atomic mass is 32.1. The van der Waals surface area contributed by atoms with Gasteiger partial charge in [-0.15, -0.1) is 11.3 Å². The lowest BCUT2D eigenvalue weighted by molar-refractivity contribution is -0.134. The van der Waals surface area contributed by atoms with Crippen molar-refractivity contribution in [2.75, 3.05) is 0 Å². The van der Waals surface area contributed by atoms with E-state index in [-0.39, 0.29) is 17.2 Å². The number of alkyl halides is 2. The van der Waals surface area contributed by atoms with Crippen LogP contribution in [0.2, 0.25) is 0 Å². The lowest BCUT2D eigenvalue weighted by atomic mass is 9.88. The highest BCUT2D eigenvalue weighted by Gasteiger charge is 2.52. The molecule has 0 radical (unpaired) electrons. The number of thiophene rings is 1. The van der Waals surface area contributed by atoms with Crippen LogP contribution in [-0.2, 0) is 14.1 Å². The van der Waals surface area contributed by atoms with E-state index in [0.29, 0.717) is 4.78 Å². The fourth-order valence-corrected chi connectivity index (χ4v) is 2.79. The molecule has 1 aliphatic heterocycles. The predicted molar refractivity (Wildman–Crippen MR) is 82.6 cm³/mol. The SMILES string of the molecule is CCC(=O)Oc1sc(B2OC(C)(C)C(C)(C)O2)cc1OC(F)F. The van der Waals surface area contributed by atoms with Gasteiger partial charge < -0.3 is 18.8 Å². The lowest BCUT2D eigenvalue weighted by Crippen LogP contribution is -2.41. The van der Waals surface area contributed by atoms with Gasteiger partial charge in [-0.2, -0.15) is 8.78 Å². The minimum Gasteiger partial charge on any atom is -0.430 e. The standard InChI is InChI=1S/C14H19BF2O5S/c1-6-10(18)20-11-8(19-12(16)17)7-9(23-11)15-21-13(2,3)14(4,5)22-15/h7,12H,6H2,1-5H3. The molecule has 0 amide bonds. The summed E-state index contributed by atoms with van der Waals surface area (Å²) in [5, 5.41) is -0.0261. The van der Waals surface area contributed by atoms with E-state index in [0.717, 1.165) is 11.3 Å². The molecule has 0 bridgehead atoms. The first kappa shape index (κ1) is 18.2. The maximum Gasteiger partial charge on any atom is 0.505 e. The maximum absolute atomic E-state index is 12.5. The number of rotatable bonds is 5. The minimum atomic E-state index is -3.02. The molecule has 9 heteroatoms. The minimum absolute atomic E-state index is 0.0261. The van der Waals surface area contributed by atoms with Gasteiger partial charge in [0.05, 0.1) is 11.2 Å². The number of ether oxygens (including phenoxy) is 2. The normalized spacial score (nSPS) is 19.2. The van der Waals surface area contributed by atoms with Gasteiger partial charge in [0, 0.05) is 11.2 Å². The quantitative estimate of drug-likeness (QED) is 0.605. The third-order valence-corrected chi connectivity index (χ3v) is 4.90. The number of halogens is 2. The van der Waals surface area contributed by atoms with Crippen LogP contribution >= 0.6 is 11.3 Å². The molecule has 2 heterocycles. The average Bonchev–Trinajstić information content (AvgIpc) is 2.88. The molecule has 1 aliphatic rings. The molecule has 1 fully saturated rings. The first-order valence-corrected chi connectivity index (χ1v) is 8.02. The van der Waals surface area contributed by atoms with E-state index in [4.69, 9.17) is 14.0 Å². The van der Waals surface area contributed by atoms with Crippen LogP contribution in [0, 0.1) is 0 Å². The van der Waals surface area contributed by atoms with Crippen molar-refractivity contribution in [3.63, 3.8) is 0 Å². The van der Waals surface area contributed by atoms with Gasteiger partial charge in [-0.1, -0.05) is 6.92 Å². The van der Waals surface area contributed by atoms with E-state index in [9.17, 15) is 13.6 Å². The summed E-state index contributed by atoms with van der Waals surface area (Å²) in [6.07, 6.45) is 0.123. The Morgan fingerprint density at radius 3 is 2.35 bits per heavy atom. The Morgan fingerprint density at radius 2 is 1.87 bits per heavy atom. The molecule has 0 atom stereocenters. The van der Waals surface area contributed by atoms with Gasteiger partial charge in [0.1, 0.15) is 0 Å². The topological polar surface area (TPSA) is 54.0 Å². The van der Waals surface area contributed by atoms with Crippen molar-refractivity contribution in [2.45, 2.75) is 58.9 Å². The number of hydrogen-bond acceptors (Lipinski definition) is 6. The van der Waals surface area contributed by atoms with Crippen LogP contribution < -0.4 is 14.3 Å². The fraction of sp³-hybridized carbons (Fsp3) is 0.643. The van der Waals surface area contributed by atoms with Gasteiger partial charge in [-0.3, -0.25) is 4.79 Å². The zero-order valence-corrected chi connectivity index (χ0v) is 14.5. The summed E-state index contributed by atoms with van der Waals surface area (Å²) in [5.41, 5.74) is -1.13. The monoisotopic (exact) mass is 348 g/mol. The number of carbonyl (C=O) groups is 1. The van der Waals surface area contributed by atoms with Crippen LogP contribution in [0.4, 0.5) is 8.78 Å². The van der Waals surface area contributed by atoms with E-state index in [2.05, 4.69) is 4.74 Å². The Bertz CT molecular complexity index is 572. The maximum atomic E-state index is 12.5. The molecule has 0 aliphatic carbocycles. The summed E-state index contributed by atoms with van der Waals surface area (Å²) < 4.78 is 46.8. The molecule has 1 saturated heterocycles. The Kier molecular flexibility index (Phi) is 5.03. The zero-order chi connectivity index (χ0) is 17.4. The zero-order valence-electron chi connectivity index (χ0n) is 13.6. The number of hydrogen-bond donors (Lipinski definition) is 0. The van der Waals surface area contributed by atoms with Crippen molar-refractivity contribution in [1.29, 1.82) is 0 Å². The highest BCUT2D eigenvalue weighted by Crippen LogP contribution is 2.40. The molecule has 0 unspecified atom stereocenters. The van der Waals surface area contributed by atoms with E-state index in [1.54, 1.807) is 6.92 Å². The summed E-state index contributed by atoms with van der Waals surface area (Å²) >= 11 is 0.993. The Balaban J connectivity index is 2.28. The second-order valence-electron chi connectivity index (χ2n) is 6.09. The van der Waals surface area contributed by atoms with Gasteiger partial charge >= 0.3 is 19.7 Å². The van der Waals surface area contributed by atoms with Crippen molar-refractivity contribution in [1.82, 2.24) is 0 Å². The van der Waals surface area contributed by atoms with E-state index < -0.39 is 30.9 Å². The first-order valence-electron chi connectivity index (χ1n) is 7.20. The van der Waals surface area contributed by atoms with Gasteiger partial charge in [-0.05, 0) is 33.8 Å². The molecule has 1 aromatic heterocycles. The van der Waals surface area contributed by atoms with Crippen LogP contribution in [0.3, 0.4) is 0 Å². The number of esters is 1. The van der Waals surface area contributed by atoms with Gasteiger partial charge in [0.15, 0.2) is 5.75 Å². The van der Waals surface area contributed by atoms with Crippen molar-refractivity contribution in [3.8, 4) is 10.8 Å². The Morgan fingerprint density at radius 1 is 1.30 bits per heavy atom. The predicted octanol–water partition coefficient (Wildman–Crippen LogP) is 2.96. The molecule has 0 saturated carbocycles. The highest BCUT2D eigenvalue weighted by molar-refractivity contribution is 7.24. The van der Waals surface area contributed by atoms with Gasteiger partial charge in [0.2, 0.25) is 5.06 Å². The van der Waals surface area contributed by atoms with Crippen molar-refractivity contribution < 1.29 is 32.4 Å². The van der Waals surface area contributed by atoms with Crippen LogP contribution in [0.25, 0.3) is 0 Å². The van der Waals surface area contributed by atoms with E-state index >= 15 is 0 Å². The summed E-state index contributed by atoms with van der Waals surface area (Å²) in [7, 11) is -0.737. The third kappa shape index (κ3) is 3.84. The molecule has 2 rings (SSSR count). The average molecular weight is 348 g/mol. The molecular weight excluding hydrogens is 329 g/mol.